The van der Waals surface area contributed by atoms with Gasteiger partial charge in [0, 0.05) is 17.9 Å². The molecule has 2 aromatic carbocycles. The van der Waals surface area contributed by atoms with E-state index in [-0.39, 0.29) is 11.3 Å². The maximum atomic E-state index is 13.1. The molecule has 0 aliphatic carbocycles. The average molecular weight is 396 g/mol. The summed E-state index contributed by atoms with van der Waals surface area (Å²) in [6.45, 7) is 7.48. The van der Waals surface area contributed by atoms with E-state index in [9.17, 15) is 4.79 Å². The summed E-state index contributed by atoms with van der Waals surface area (Å²) < 4.78 is 0. The summed E-state index contributed by atoms with van der Waals surface area (Å²) >= 11 is 1.86. The molecule has 0 bridgehead atoms. The zero-order valence-electron chi connectivity index (χ0n) is 17.5. The topological polar surface area (TPSA) is 20.3 Å². The molecule has 1 saturated heterocycles. The van der Waals surface area contributed by atoms with Gasteiger partial charge in [0.05, 0.1) is 0 Å². The molecule has 1 fully saturated rings. The second kappa shape index (κ2) is 10.2. The van der Waals surface area contributed by atoms with Crippen LogP contribution in [0.3, 0.4) is 0 Å². The van der Waals surface area contributed by atoms with Crippen molar-refractivity contribution in [3.05, 3.63) is 70.8 Å². The predicted octanol–water partition coefficient (Wildman–Crippen LogP) is 6.82. The number of hydrogen-bond acceptors (Lipinski definition) is 2. The Balaban J connectivity index is 1.65. The Morgan fingerprint density at radius 2 is 1.75 bits per heavy atom. The fourth-order valence-corrected chi connectivity index (χ4v) is 4.99. The molecule has 2 nitrogen and oxygen atoms in total. The van der Waals surface area contributed by atoms with Crippen molar-refractivity contribution in [1.82, 2.24) is 4.90 Å². The van der Waals surface area contributed by atoms with E-state index in [0.717, 1.165) is 24.3 Å². The first-order valence-corrected chi connectivity index (χ1v) is 11.8. The Kier molecular flexibility index (Phi) is 7.61. The average Bonchev–Trinajstić information content (AvgIpc) is 3.21. The molecule has 1 amide bonds. The first-order chi connectivity index (χ1) is 13.6. The van der Waals surface area contributed by atoms with Crippen LogP contribution in [-0.4, -0.2) is 23.1 Å². The van der Waals surface area contributed by atoms with Gasteiger partial charge in [-0.2, -0.15) is 0 Å². The number of hydrogen-bond donors (Lipinski definition) is 0. The van der Waals surface area contributed by atoms with Crippen LogP contribution in [0.4, 0.5) is 0 Å². The number of aryl methyl sites for hydroxylation is 1. The highest BCUT2D eigenvalue weighted by molar-refractivity contribution is 7.99. The highest BCUT2D eigenvalue weighted by Crippen LogP contribution is 2.39. The number of thioether (sulfide) groups is 1. The lowest BCUT2D eigenvalue weighted by molar-refractivity contribution is 0.0760. The second-order valence-electron chi connectivity index (χ2n) is 8.05. The SMILES string of the molecule is CCCCCCc1ccc(C(=O)N2CCS[C@H]2c2ccc(C(C)C)cc2)cc1. The zero-order chi connectivity index (χ0) is 19.9. The lowest BCUT2D eigenvalue weighted by atomic mass is 10.0. The first-order valence-electron chi connectivity index (χ1n) is 10.7. The standard InChI is InChI=1S/C25H33NOS/c1-4-5-6-7-8-20-9-11-22(12-10-20)24(27)26-17-18-28-25(26)23-15-13-21(14-16-23)19(2)3/h9-16,19,25H,4-8,17-18H2,1-3H3/t25-/m0/s1. The van der Waals surface area contributed by atoms with Crippen LogP contribution < -0.4 is 0 Å². The maximum Gasteiger partial charge on any atom is 0.255 e. The smallest absolute Gasteiger partial charge is 0.255 e. The minimum atomic E-state index is 0.127. The second-order valence-corrected chi connectivity index (χ2v) is 9.24. The van der Waals surface area contributed by atoms with Gasteiger partial charge in [0.1, 0.15) is 5.37 Å². The molecule has 3 rings (SSSR count). The van der Waals surface area contributed by atoms with Gasteiger partial charge in [-0.3, -0.25) is 4.79 Å². The molecule has 3 heteroatoms. The maximum absolute atomic E-state index is 13.1. The van der Waals surface area contributed by atoms with E-state index in [1.165, 1.54) is 42.4 Å². The lowest BCUT2D eigenvalue weighted by Gasteiger charge is -2.24. The Hall–Kier alpha value is -1.74. The minimum absolute atomic E-state index is 0.127. The monoisotopic (exact) mass is 395 g/mol. The highest BCUT2D eigenvalue weighted by atomic mass is 32.2. The number of benzene rings is 2. The van der Waals surface area contributed by atoms with E-state index in [2.05, 4.69) is 57.2 Å². The van der Waals surface area contributed by atoms with Crippen LogP contribution in [0.25, 0.3) is 0 Å². The van der Waals surface area contributed by atoms with Crippen LogP contribution in [0.1, 0.15) is 84.8 Å². The van der Waals surface area contributed by atoms with Gasteiger partial charge in [-0.1, -0.05) is 76.4 Å². The molecule has 0 spiro atoms. The summed E-state index contributed by atoms with van der Waals surface area (Å²) in [4.78, 5) is 15.2. The van der Waals surface area contributed by atoms with Crippen molar-refractivity contribution in [2.24, 2.45) is 0 Å². The summed E-state index contributed by atoms with van der Waals surface area (Å²) in [7, 11) is 0. The summed E-state index contributed by atoms with van der Waals surface area (Å²) in [5, 5.41) is 0.127. The summed E-state index contributed by atoms with van der Waals surface area (Å²) in [6.07, 6.45) is 6.21. The van der Waals surface area contributed by atoms with Gasteiger partial charge in [-0.05, 0) is 47.6 Å². The fraction of sp³-hybridized carbons (Fsp3) is 0.480. The largest absolute Gasteiger partial charge is 0.322 e. The van der Waals surface area contributed by atoms with Gasteiger partial charge in [0.2, 0.25) is 0 Å². The number of unbranched alkanes of at least 4 members (excludes halogenated alkanes) is 3. The van der Waals surface area contributed by atoms with E-state index >= 15 is 0 Å². The van der Waals surface area contributed by atoms with E-state index in [1.54, 1.807) is 0 Å². The van der Waals surface area contributed by atoms with Gasteiger partial charge in [-0.25, -0.2) is 0 Å². The molecule has 150 valence electrons. The lowest BCUT2D eigenvalue weighted by Crippen LogP contribution is -2.30. The van der Waals surface area contributed by atoms with Crippen molar-refractivity contribution in [3.63, 3.8) is 0 Å². The van der Waals surface area contributed by atoms with Crippen LogP contribution in [-0.2, 0) is 6.42 Å². The van der Waals surface area contributed by atoms with Crippen LogP contribution >= 0.6 is 11.8 Å². The van der Waals surface area contributed by atoms with Crippen LogP contribution in [0.15, 0.2) is 48.5 Å². The normalized spacial score (nSPS) is 16.7. The van der Waals surface area contributed by atoms with E-state index in [4.69, 9.17) is 0 Å². The fourth-order valence-electron chi connectivity index (χ4n) is 3.74. The predicted molar refractivity (Wildman–Crippen MR) is 121 cm³/mol. The minimum Gasteiger partial charge on any atom is -0.322 e. The molecule has 0 radical (unpaired) electrons. The van der Waals surface area contributed by atoms with Crippen molar-refractivity contribution in [1.29, 1.82) is 0 Å². The molecule has 1 aliphatic rings. The molecular formula is C25H33NOS. The Bertz CT molecular complexity index is 751. The van der Waals surface area contributed by atoms with Gasteiger partial charge < -0.3 is 4.90 Å². The molecule has 1 heterocycles. The zero-order valence-corrected chi connectivity index (χ0v) is 18.3. The van der Waals surface area contributed by atoms with E-state index < -0.39 is 0 Å². The molecule has 0 saturated carbocycles. The van der Waals surface area contributed by atoms with Gasteiger partial charge in [0.15, 0.2) is 0 Å². The van der Waals surface area contributed by atoms with Crippen molar-refractivity contribution < 1.29 is 4.79 Å². The molecule has 1 atom stereocenters. The van der Waals surface area contributed by atoms with Gasteiger partial charge in [-0.15, -0.1) is 11.8 Å². The van der Waals surface area contributed by atoms with Gasteiger partial charge >= 0.3 is 0 Å². The summed E-state index contributed by atoms with van der Waals surface area (Å²) in [6, 6.07) is 17.1. The Morgan fingerprint density at radius 1 is 1.04 bits per heavy atom. The van der Waals surface area contributed by atoms with Crippen LogP contribution in [0.5, 0.6) is 0 Å². The highest BCUT2D eigenvalue weighted by Gasteiger charge is 2.31. The number of nitrogens with zero attached hydrogens (tertiary/aromatic N) is 1. The van der Waals surface area contributed by atoms with E-state index in [0.29, 0.717) is 5.92 Å². The molecule has 28 heavy (non-hydrogen) atoms. The molecular weight excluding hydrogens is 362 g/mol. The number of carbonyl (C=O) groups is 1. The Morgan fingerprint density at radius 3 is 2.39 bits per heavy atom. The third kappa shape index (κ3) is 5.20. The molecule has 0 N–H and O–H groups in total. The van der Waals surface area contributed by atoms with Crippen molar-refractivity contribution in [2.45, 2.75) is 64.2 Å². The molecule has 1 aliphatic heterocycles. The van der Waals surface area contributed by atoms with Crippen molar-refractivity contribution >= 4 is 17.7 Å². The third-order valence-electron chi connectivity index (χ3n) is 5.56. The molecule has 0 aromatic heterocycles. The summed E-state index contributed by atoms with van der Waals surface area (Å²) in [5.74, 6) is 1.68. The summed E-state index contributed by atoms with van der Waals surface area (Å²) in [5.41, 5.74) is 4.72. The quantitative estimate of drug-likeness (QED) is 0.457. The van der Waals surface area contributed by atoms with Crippen LogP contribution in [0.2, 0.25) is 0 Å². The van der Waals surface area contributed by atoms with Crippen molar-refractivity contribution in [3.8, 4) is 0 Å². The Labute approximate surface area is 174 Å². The number of rotatable bonds is 8. The van der Waals surface area contributed by atoms with Crippen LogP contribution in [0, 0.1) is 0 Å². The van der Waals surface area contributed by atoms with Gasteiger partial charge in [0.25, 0.3) is 5.91 Å². The number of amides is 1. The molecule has 0 unspecified atom stereocenters. The first kappa shape index (κ1) is 21.0. The third-order valence-corrected chi connectivity index (χ3v) is 6.82. The van der Waals surface area contributed by atoms with E-state index in [1.807, 2.05) is 28.8 Å². The van der Waals surface area contributed by atoms with Crippen molar-refractivity contribution in [2.75, 3.05) is 12.3 Å². The molecule has 2 aromatic rings. The number of carbonyl (C=O) groups excluding carboxylic acids is 1.